The third kappa shape index (κ3) is 5.26. The normalized spacial score (nSPS) is 12.6. The van der Waals surface area contributed by atoms with Crippen LogP contribution in [0.25, 0.3) is 6.08 Å². The van der Waals surface area contributed by atoms with Crippen molar-refractivity contribution in [2.45, 2.75) is 31.8 Å². The average molecular weight is 298 g/mol. The van der Waals surface area contributed by atoms with E-state index in [1.807, 2.05) is 42.5 Å². The highest BCUT2D eigenvalue weighted by atomic mass is 16.3. The lowest BCUT2D eigenvalue weighted by atomic mass is 10.0. The fraction of sp³-hybridized carbons (Fsp3) is 0.263. The van der Waals surface area contributed by atoms with Crippen LogP contribution in [0.2, 0.25) is 0 Å². The molecule has 3 nitrogen and oxygen atoms in total. The Balaban J connectivity index is 1.69. The van der Waals surface area contributed by atoms with Crippen LogP contribution in [-0.2, 0) is 6.42 Å². The minimum absolute atomic E-state index is 0.0803. The van der Waals surface area contributed by atoms with Gasteiger partial charge in [-0.3, -0.25) is 0 Å². The largest absolute Gasteiger partial charge is 0.504 e. The van der Waals surface area contributed by atoms with Gasteiger partial charge in [-0.15, -0.1) is 0 Å². The summed E-state index contributed by atoms with van der Waals surface area (Å²) in [6.07, 6.45) is 6.69. The first-order valence-electron chi connectivity index (χ1n) is 7.57. The molecule has 0 bridgehead atoms. The van der Waals surface area contributed by atoms with Crippen LogP contribution >= 0.6 is 0 Å². The number of aryl methyl sites for hydroxylation is 1. The first kappa shape index (κ1) is 16.1. The zero-order chi connectivity index (χ0) is 15.8. The number of benzene rings is 2. The summed E-state index contributed by atoms with van der Waals surface area (Å²) in [6.45, 7) is 0. The number of hydrogen-bond acceptors (Lipinski definition) is 3. The van der Waals surface area contributed by atoms with E-state index in [2.05, 4.69) is 0 Å². The van der Waals surface area contributed by atoms with Gasteiger partial charge in [0, 0.05) is 0 Å². The van der Waals surface area contributed by atoms with Crippen LogP contribution in [0.4, 0.5) is 0 Å². The van der Waals surface area contributed by atoms with E-state index in [1.54, 1.807) is 12.1 Å². The molecule has 0 aliphatic carbocycles. The number of phenolic OH excluding ortho intramolecular Hbond substituents is 2. The number of aliphatic hydroxyl groups is 1. The van der Waals surface area contributed by atoms with Gasteiger partial charge in [-0.1, -0.05) is 55.0 Å². The number of rotatable bonds is 7. The van der Waals surface area contributed by atoms with E-state index in [1.165, 1.54) is 6.07 Å². The van der Waals surface area contributed by atoms with E-state index in [4.69, 9.17) is 0 Å². The van der Waals surface area contributed by atoms with Crippen LogP contribution in [-0.4, -0.2) is 21.4 Å². The molecular formula is C19H22O3. The number of unbranched alkanes of at least 4 members (excludes halogenated alkanes) is 1. The van der Waals surface area contributed by atoms with Gasteiger partial charge in [0.25, 0.3) is 0 Å². The van der Waals surface area contributed by atoms with Gasteiger partial charge in [-0.05, 0) is 42.5 Å². The Hall–Kier alpha value is -2.26. The number of aromatic hydroxyl groups is 2. The predicted octanol–water partition coefficient (Wildman–Crippen LogP) is 3.88. The first-order chi connectivity index (χ1) is 10.6. The molecule has 3 heteroatoms. The molecule has 0 radical (unpaired) electrons. The molecule has 0 aromatic heterocycles. The van der Waals surface area contributed by atoms with E-state index in [0.717, 1.165) is 30.4 Å². The maximum absolute atomic E-state index is 9.93. The van der Waals surface area contributed by atoms with Crippen LogP contribution in [0.1, 0.15) is 30.4 Å². The minimum atomic E-state index is -0.437. The Labute approximate surface area is 131 Å². The quantitative estimate of drug-likeness (QED) is 0.537. The SMILES string of the molecule is Oc1ccc(CCCC[C@H](O)/C=C/c2ccccc2)cc1O. The standard InChI is InChI=1S/C19H22O3/c20-17(12-10-15-6-2-1-3-7-15)9-5-4-8-16-11-13-18(21)19(22)14-16/h1-3,6-7,10-14,17,20-22H,4-5,8-9H2/b12-10+/t17-/m0/s1. The third-order valence-corrected chi connectivity index (χ3v) is 3.57. The second-order valence-corrected chi connectivity index (χ2v) is 5.41. The van der Waals surface area contributed by atoms with Gasteiger partial charge in [0.1, 0.15) is 0 Å². The molecule has 3 N–H and O–H groups in total. The second kappa shape index (κ2) is 8.25. The molecule has 1 atom stereocenters. The highest BCUT2D eigenvalue weighted by molar-refractivity contribution is 5.49. The Morgan fingerprint density at radius 2 is 1.68 bits per heavy atom. The molecule has 0 saturated carbocycles. The van der Waals surface area contributed by atoms with E-state index in [-0.39, 0.29) is 11.5 Å². The Morgan fingerprint density at radius 1 is 0.909 bits per heavy atom. The summed E-state index contributed by atoms with van der Waals surface area (Å²) in [5.41, 5.74) is 2.07. The molecule has 0 spiro atoms. The lowest BCUT2D eigenvalue weighted by Gasteiger charge is -2.06. The molecular weight excluding hydrogens is 276 g/mol. The molecule has 116 valence electrons. The first-order valence-corrected chi connectivity index (χ1v) is 7.57. The highest BCUT2D eigenvalue weighted by Gasteiger charge is 2.02. The summed E-state index contributed by atoms with van der Waals surface area (Å²) in [5.74, 6) is -0.173. The van der Waals surface area contributed by atoms with Crippen molar-refractivity contribution in [3.63, 3.8) is 0 Å². The molecule has 0 heterocycles. The molecule has 0 unspecified atom stereocenters. The molecule has 22 heavy (non-hydrogen) atoms. The van der Waals surface area contributed by atoms with Crippen molar-refractivity contribution in [2.24, 2.45) is 0 Å². The smallest absolute Gasteiger partial charge is 0.157 e. The lowest BCUT2D eigenvalue weighted by molar-refractivity contribution is 0.209. The number of aliphatic hydroxyl groups excluding tert-OH is 1. The van der Waals surface area contributed by atoms with E-state index in [9.17, 15) is 15.3 Å². The maximum Gasteiger partial charge on any atom is 0.157 e. The van der Waals surface area contributed by atoms with Crippen LogP contribution in [0, 0.1) is 0 Å². The van der Waals surface area contributed by atoms with Crippen molar-refractivity contribution in [1.82, 2.24) is 0 Å². The molecule has 0 fully saturated rings. The fourth-order valence-electron chi connectivity index (χ4n) is 2.29. The molecule has 2 rings (SSSR count). The fourth-order valence-corrected chi connectivity index (χ4v) is 2.29. The van der Waals surface area contributed by atoms with Crippen molar-refractivity contribution in [3.8, 4) is 11.5 Å². The average Bonchev–Trinajstić information content (AvgIpc) is 2.54. The Kier molecular flexibility index (Phi) is 6.04. The molecule has 2 aromatic carbocycles. The van der Waals surface area contributed by atoms with Crippen molar-refractivity contribution in [2.75, 3.05) is 0 Å². The van der Waals surface area contributed by atoms with Gasteiger partial charge in [0.2, 0.25) is 0 Å². The molecule has 0 saturated heterocycles. The highest BCUT2D eigenvalue weighted by Crippen LogP contribution is 2.25. The zero-order valence-electron chi connectivity index (χ0n) is 12.5. The van der Waals surface area contributed by atoms with Crippen LogP contribution in [0.15, 0.2) is 54.6 Å². The van der Waals surface area contributed by atoms with Gasteiger partial charge < -0.3 is 15.3 Å². The van der Waals surface area contributed by atoms with Crippen molar-refractivity contribution in [3.05, 3.63) is 65.7 Å². The van der Waals surface area contributed by atoms with Crippen molar-refractivity contribution in [1.29, 1.82) is 0 Å². The van der Waals surface area contributed by atoms with Gasteiger partial charge in [-0.25, -0.2) is 0 Å². The molecule has 0 aliphatic rings. The van der Waals surface area contributed by atoms with Crippen molar-refractivity contribution >= 4 is 6.08 Å². The number of hydrogen-bond donors (Lipinski definition) is 3. The van der Waals surface area contributed by atoms with Gasteiger partial charge >= 0.3 is 0 Å². The monoisotopic (exact) mass is 298 g/mol. The van der Waals surface area contributed by atoms with Crippen molar-refractivity contribution < 1.29 is 15.3 Å². The summed E-state index contributed by atoms with van der Waals surface area (Å²) in [4.78, 5) is 0. The van der Waals surface area contributed by atoms with Crippen LogP contribution in [0.3, 0.4) is 0 Å². The minimum Gasteiger partial charge on any atom is -0.504 e. The van der Waals surface area contributed by atoms with Gasteiger partial charge in [-0.2, -0.15) is 0 Å². The maximum atomic E-state index is 9.93. The summed E-state index contributed by atoms with van der Waals surface area (Å²) in [6, 6.07) is 14.8. The summed E-state index contributed by atoms with van der Waals surface area (Å²) >= 11 is 0. The second-order valence-electron chi connectivity index (χ2n) is 5.41. The van der Waals surface area contributed by atoms with Gasteiger partial charge in [0.05, 0.1) is 6.10 Å². The third-order valence-electron chi connectivity index (χ3n) is 3.57. The lowest BCUT2D eigenvalue weighted by Crippen LogP contribution is -2.01. The van der Waals surface area contributed by atoms with E-state index in [0.29, 0.717) is 6.42 Å². The summed E-state index contributed by atoms with van der Waals surface area (Å²) < 4.78 is 0. The predicted molar refractivity (Wildman–Crippen MR) is 88.8 cm³/mol. The Morgan fingerprint density at radius 3 is 2.41 bits per heavy atom. The van der Waals surface area contributed by atoms with Crippen LogP contribution < -0.4 is 0 Å². The molecule has 0 amide bonds. The van der Waals surface area contributed by atoms with E-state index >= 15 is 0 Å². The Bertz CT molecular complexity index is 605. The topological polar surface area (TPSA) is 60.7 Å². The zero-order valence-corrected chi connectivity index (χ0v) is 12.5. The number of phenols is 2. The molecule has 2 aromatic rings. The summed E-state index contributed by atoms with van der Waals surface area (Å²) in [5, 5.41) is 28.6. The van der Waals surface area contributed by atoms with Gasteiger partial charge in [0.15, 0.2) is 11.5 Å². The van der Waals surface area contributed by atoms with E-state index < -0.39 is 6.10 Å². The molecule has 0 aliphatic heterocycles. The summed E-state index contributed by atoms with van der Waals surface area (Å²) in [7, 11) is 0. The van der Waals surface area contributed by atoms with Crippen LogP contribution in [0.5, 0.6) is 11.5 Å².